The standard InChI is InChI=1S/C26H22ClFN2O2/c1-3-29(16-18-8-5-4-6-9-18)24-23(19-12-14-20(28)15-13-19)25(31)30(26(24)32)22-11-7-10-21(27)17(22)2/h4-15H,3,16H2,1-2H3. The summed E-state index contributed by atoms with van der Waals surface area (Å²) in [6.45, 7) is 4.67. The molecule has 32 heavy (non-hydrogen) atoms. The highest BCUT2D eigenvalue weighted by atomic mass is 35.5. The summed E-state index contributed by atoms with van der Waals surface area (Å²) in [4.78, 5) is 30.4. The van der Waals surface area contributed by atoms with Gasteiger partial charge in [0.15, 0.2) is 0 Å². The van der Waals surface area contributed by atoms with E-state index in [0.29, 0.717) is 40.6 Å². The van der Waals surface area contributed by atoms with E-state index in [0.717, 1.165) is 5.56 Å². The van der Waals surface area contributed by atoms with Crippen LogP contribution in [0.4, 0.5) is 10.1 Å². The highest BCUT2D eigenvalue weighted by Gasteiger charge is 2.42. The number of hydrogen-bond donors (Lipinski definition) is 0. The number of likely N-dealkylation sites (N-methyl/N-ethyl adjacent to an activating group) is 1. The Morgan fingerprint density at radius 1 is 0.906 bits per heavy atom. The van der Waals surface area contributed by atoms with Crippen LogP contribution in [0.1, 0.15) is 23.6 Å². The molecule has 0 radical (unpaired) electrons. The first kappa shape index (κ1) is 21.8. The number of imide groups is 1. The quantitative estimate of drug-likeness (QED) is 0.461. The molecule has 0 aromatic heterocycles. The van der Waals surface area contributed by atoms with Crippen LogP contribution < -0.4 is 4.90 Å². The van der Waals surface area contributed by atoms with E-state index < -0.39 is 17.6 Å². The molecule has 0 aliphatic carbocycles. The van der Waals surface area contributed by atoms with Crippen molar-refractivity contribution in [3.63, 3.8) is 0 Å². The molecule has 3 aromatic carbocycles. The van der Waals surface area contributed by atoms with Crippen LogP contribution in [0.15, 0.2) is 78.5 Å². The van der Waals surface area contributed by atoms with Crippen LogP contribution in [0, 0.1) is 12.7 Å². The van der Waals surface area contributed by atoms with Crippen LogP contribution in [-0.2, 0) is 16.1 Å². The summed E-state index contributed by atoms with van der Waals surface area (Å²) in [6, 6.07) is 20.5. The Morgan fingerprint density at radius 3 is 2.25 bits per heavy atom. The summed E-state index contributed by atoms with van der Waals surface area (Å²) in [7, 11) is 0. The van der Waals surface area contributed by atoms with Crippen LogP contribution in [-0.4, -0.2) is 23.3 Å². The van der Waals surface area contributed by atoms with E-state index in [4.69, 9.17) is 11.6 Å². The lowest BCUT2D eigenvalue weighted by molar-refractivity contribution is -0.120. The molecular formula is C26H22ClFN2O2. The van der Waals surface area contributed by atoms with Crippen molar-refractivity contribution in [1.29, 1.82) is 0 Å². The predicted molar refractivity (Wildman–Crippen MR) is 125 cm³/mol. The van der Waals surface area contributed by atoms with Crippen molar-refractivity contribution < 1.29 is 14.0 Å². The van der Waals surface area contributed by atoms with Gasteiger partial charge in [-0.2, -0.15) is 0 Å². The fourth-order valence-corrected chi connectivity index (χ4v) is 4.07. The highest BCUT2D eigenvalue weighted by Crippen LogP contribution is 2.37. The highest BCUT2D eigenvalue weighted by molar-refractivity contribution is 6.46. The first-order valence-corrected chi connectivity index (χ1v) is 10.7. The van der Waals surface area contributed by atoms with Gasteiger partial charge in [0, 0.05) is 18.1 Å². The molecule has 0 saturated carbocycles. The second kappa shape index (κ2) is 8.97. The van der Waals surface area contributed by atoms with Gasteiger partial charge in [0.25, 0.3) is 11.8 Å². The van der Waals surface area contributed by atoms with Crippen molar-refractivity contribution in [1.82, 2.24) is 4.90 Å². The van der Waals surface area contributed by atoms with Crippen LogP contribution >= 0.6 is 11.6 Å². The average molecular weight is 449 g/mol. The van der Waals surface area contributed by atoms with Crippen molar-refractivity contribution in [3.05, 3.63) is 106 Å². The molecule has 3 aromatic rings. The van der Waals surface area contributed by atoms with Gasteiger partial charge in [0.2, 0.25) is 0 Å². The molecule has 0 atom stereocenters. The summed E-state index contributed by atoms with van der Waals surface area (Å²) >= 11 is 6.28. The molecular weight excluding hydrogens is 427 g/mol. The molecule has 0 saturated heterocycles. The number of benzene rings is 3. The van der Waals surface area contributed by atoms with E-state index in [1.807, 2.05) is 42.2 Å². The average Bonchev–Trinajstić information content (AvgIpc) is 3.05. The Labute approximate surface area is 191 Å². The lowest BCUT2D eigenvalue weighted by atomic mass is 10.0. The third kappa shape index (κ3) is 3.92. The van der Waals surface area contributed by atoms with Gasteiger partial charge < -0.3 is 4.90 Å². The molecule has 2 amide bonds. The van der Waals surface area contributed by atoms with Crippen LogP contribution in [0.3, 0.4) is 0 Å². The SMILES string of the molecule is CCN(Cc1ccccc1)C1=C(c2ccc(F)cc2)C(=O)N(c2cccc(Cl)c2C)C1=O. The van der Waals surface area contributed by atoms with Crippen molar-refractivity contribution in [2.75, 3.05) is 11.4 Å². The number of carbonyl (C=O) groups is 2. The van der Waals surface area contributed by atoms with Crippen LogP contribution in [0.2, 0.25) is 5.02 Å². The normalized spacial score (nSPS) is 13.8. The summed E-state index contributed by atoms with van der Waals surface area (Å²) in [5.41, 5.74) is 3.14. The zero-order valence-electron chi connectivity index (χ0n) is 17.8. The van der Waals surface area contributed by atoms with Crippen molar-refractivity contribution in [3.8, 4) is 0 Å². The molecule has 6 heteroatoms. The second-order valence-electron chi connectivity index (χ2n) is 7.56. The number of anilines is 1. The maximum atomic E-state index is 13.7. The number of amides is 2. The monoisotopic (exact) mass is 448 g/mol. The molecule has 162 valence electrons. The lowest BCUT2D eigenvalue weighted by Gasteiger charge is -2.25. The molecule has 1 aliphatic rings. The smallest absolute Gasteiger partial charge is 0.282 e. The molecule has 0 unspecified atom stereocenters. The Balaban J connectivity index is 1.86. The summed E-state index contributed by atoms with van der Waals surface area (Å²) in [5, 5.41) is 0.469. The van der Waals surface area contributed by atoms with Gasteiger partial charge >= 0.3 is 0 Å². The van der Waals surface area contributed by atoms with E-state index in [9.17, 15) is 14.0 Å². The number of hydrogen-bond acceptors (Lipinski definition) is 3. The zero-order valence-corrected chi connectivity index (χ0v) is 18.6. The summed E-state index contributed by atoms with van der Waals surface area (Å²) in [6.07, 6.45) is 0. The second-order valence-corrected chi connectivity index (χ2v) is 7.97. The van der Waals surface area contributed by atoms with Gasteiger partial charge in [0.05, 0.1) is 11.3 Å². The Hall–Kier alpha value is -3.44. The van der Waals surface area contributed by atoms with E-state index in [2.05, 4.69) is 0 Å². The zero-order chi connectivity index (χ0) is 22.8. The fraction of sp³-hybridized carbons (Fsp3) is 0.154. The first-order valence-electron chi connectivity index (χ1n) is 10.3. The maximum Gasteiger partial charge on any atom is 0.282 e. The minimum absolute atomic E-state index is 0.257. The third-order valence-electron chi connectivity index (χ3n) is 5.59. The minimum atomic E-state index is -0.450. The van der Waals surface area contributed by atoms with Gasteiger partial charge in [-0.1, -0.05) is 60.1 Å². The number of carbonyl (C=O) groups excluding carboxylic acids is 2. The Bertz CT molecular complexity index is 1210. The van der Waals surface area contributed by atoms with Gasteiger partial charge in [-0.25, -0.2) is 9.29 Å². The maximum absolute atomic E-state index is 13.7. The lowest BCUT2D eigenvalue weighted by Crippen LogP contribution is -2.35. The molecule has 4 nitrogen and oxygen atoms in total. The van der Waals surface area contributed by atoms with Gasteiger partial charge in [-0.05, 0) is 54.8 Å². The van der Waals surface area contributed by atoms with Crippen LogP contribution in [0.25, 0.3) is 5.57 Å². The largest absolute Gasteiger partial charge is 0.362 e. The molecule has 0 spiro atoms. The van der Waals surface area contributed by atoms with Crippen molar-refractivity contribution in [2.45, 2.75) is 20.4 Å². The summed E-state index contributed by atoms with van der Waals surface area (Å²) in [5.74, 6) is -1.28. The molecule has 4 rings (SSSR count). The minimum Gasteiger partial charge on any atom is -0.362 e. The number of rotatable bonds is 6. The van der Waals surface area contributed by atoms with E-state index in [-0.39, 0.29) is 5.57 Å². The van der Waals surface area contributed by atoms with E-state index >= 15 is 0 Å². The predicted octanol–water partition coefficient (Wildman–Crippen LogP) is 5.59. The molecule has 1 heterocycles. The first-order chi connectivity index (χ1) is 15.4. The van der Waals surface area contributed by atoms with Gasteiger partial charge in [0.1, 0.15) is 11.5 Å². The van der Waals surface area contributed by atoms with Gasteiger partial charge in [-0.3, -0.25) is 9.59 Å². The van der Waals surface area contributed by atoms with Gasteiger partial charge in [-0.15, -0.1) is 0 Å². The summed E-state index contributed by atoms with van der Waals surface area (Å²) < 4.78 is 13.6. The molecule has 0 bridgehead atoms. The van der Waals surface area contributed by atoms with E-state index in [1.54, 1.807) is 25.1 Å². The van der Waals surface area contributed by atoms with Crippen LogP contribution in [0.5, 0.6) is 0 Å². The topological polar surface area (TPSA) is 40.6 Å². The van der Waals surface area contributed by atoms with Crippen molar-refractivity contribution in [2.24, 2.45) is 0 Å². The third-order valence-corrected chi connectivity index (χ3v) is 6.00. The molecule has 0 fully saturated rings. The van der Waals surface area contributed by atoms with Crippen molar-refractivity contribution >= 4 is 34.7 Å². The number of nitrogens with zero attached hydrogens (tertiary/aromatic N) is 2. The van der Waals surface area contributed by atoms with E-state index in [1.165, 1.54) is 29.2 Å². The Morgan fingerprint density at radius 2 is 1.59 bits per heavy atom. The Kier molecular flexibility index (Phi) is 6.10. The number of halogens is 2. The fourth-order valence-electron chi connectivity index (χ4n) is 3.90. The molecule has 0 N–H and O–H groups in total. The molecule has 1 aliphatic heterocycles.